The number of H-pyrrole nitrogens is 1. The minimum atomic E-state index is 0.0469. The van der Waals surface area contributed by atoms with E-state index < -0.39 is 0 Å². The lowest BCUT2D eigenvalue weighted by molar-refractivity contribution is -0.382. The van der Waals surface area contributed by atoms with Crippen molar-refractivity contribution in [1.29, 1.82) is 0 Å². The molecule has 1 saturated heterocycles. The van der Waals surface area contributed by atoms with Crippen LogP contribution in [0.4, 0.5) is 11.5 Å². The molecule has 35 heavy (non-hydrogen) atoms. The Morgan fingerprint density at radius 2 is 2.09 bits per heavy atom. The van der Waals surface area contributed by atoms with Crippen molar-refractivity contribution < 1.29 is 14.5 Å². The zero-order valence-corrected chi connectivity index (χ0v) is 21.0. The Kier molecular flexibility index (Phi) is 6.63. The smallest absolute Gasteiger partial charge is 0.254 e. The summed E-state index contributed by atoms with van der Waals surface area (Å²) >= 11 is 1.61. The van der Waals surface area contributed by atoms with Crippen LogP contribution in [0, 0.1) is 12.8 Å². The van der Waals surface area contributed by atoms with Crippen LogP contribution >= 0.6 is 11.9 Å². The average Bonchev–Trinajstić information content (AvgIpc) is 2.84. The lowest BCUT2D eigenvalue weighted by atomic mass is 9.94. The maximum atomic E-state index is 13.0. The second kappa shape index (κ2) is 10.00. The third-order valence-electron chi connectivity index (χ3n) is 6.41. The number of aryl methyl sites for hydroxylation is 1. The van der Waals surface area contributed by atoms with Gasteiger partial charge in [0.15, 0.2) is 17.8 Å². The number of amides is 1. The van der Waals surface area contributed by atoms with Crippen molar-refractivity contribution in [3.63, 3.8) is 0 Å². The first-order valence-electron chi connectivity index (χ1n) is 11.8. The molecule has 7 nitrogen and oxygen atoms in total. The highest BCUT2D eigenvalue weighted by atomic mass is 32.2. The average molecular weight is 489 g/mol. The van der Waals surface area contributed by atoms with Crippen LogP contribution in [0.2, 0.25) is 0 Å². The van der Waals surface area contributed by atoms with Crippen LogP contribution in [0.1, 0.15) is 34.1 Å². The number of hydrogen-bond acceptors (Lipinski definition) is 6. The number of carbonyl (C=O) groups is 1. The minimum absolute atomic E-state index is 0.0469. The van der Waals surface area contributed by atoms with E-state index in [1.54, 1.807) is 25.3 Å². The highest BCUT2D eigenvalue weighted by molar-refractivity contribution is 8.09. The summed E-state index contributed by atoms with van der Waals surface area (Å²) in [6.07, 6.45) is 7.05. The standard InChI is InChI=1S/C27H29N5O2S/c1-17-12-19-6-4-10-28-25(19)24(13-17)35-31-22-9-8-20(14-18(22)2)27(33)32-15-21(16-32)30-26-23(34-3)7-5-11-29-26/h4-11,13-14,17,21,31H,12,15-16H2,1-3H3,(H,29,30)/p+1. The summed E-state index contributed by atoms with van der Waals surface area (Å²) in [6.45, 7) is 5.54. The molecule has 2 aromatic heterocycles. The summed E-state index contributed by atoms with van der Waals surface area (Å²) in [5, 5.41) is 3.36. The van der Waals surface area contributed by atoms with Gasteiger partial charge >= 0.3 is 0 Å². The summed E-state index contributed by atoms with van der Waals surface area (Å²) in [5.41, 5.74) is 5.27. The molecule has 180 valence electrons. The molecule has 1 amide bonds. The zero-order chi connectivity index (χ0) is 24.4. The molecule has 1 aromatic carbocycles. The molecular formula is C27H30N5O2S+. The molecular weight excluding hydrogens is 458 g/mol. The molecule has 1 fully saturated rings. The number of benzene rings is 1. The van der Waals surface area contributed by atoms with Gasteiger partial charge in [0.05, 0.1) is 18.1 Å². The largest absolute Gasteiger partial charge is 0.493 e. The van der Waals surface area contributed by atoms with Crippen LogP contribution in [0.15, 0.2) is 60.9 Å². The zero-order valence-electron chi connectivity index (χ0n) is 20.2. The normalized spacial score (nSPS) is 17.2. The molecule has 0 bridgehead atoms. The van der Waals surface area contributed by atoms with Crippen LogP contribution in [0.5, 0.6) is 5.75 Å². The summed E-state index contributed by atoms with van der Waals surface area (Å²) in [4.78, 5) is 23.8. The van der Waals surface area contributed by atoms with Gasteiger partial charge < -0.3 is 19.7 Å². The van der Waals surface area contributed by atoms with Crippen LogP contribution in [0.3, 0.4) is 0 Å². The van der Waals surface area contributed by atoms with Crippen molar-refractivity contribution in [3.05, 3.63) is 83.3 Å². The fourth-order valence-electron chi connectivity index (χ4n) is 4.50. The second-order valence-corrected chi connectivity index (χ2v) is 9.97. The van der Waals surface area contributed by atoms with Crippen LogP contribution in [-0.4, -0.2) is 42.0 Å². The van der Waals surface area contributed by atoms with E-state index in [2.05, 4.69) is 45.1 Å². The van der Waals surface area contributed by atoms with E-state index in [9.17, 15) is 4.79 Å². The van der Waals surface area contributed by atoms with Crippen LogP contribution < -0.4 is 19.8 Å². The molecule has 1 unspecified atom stereocenters. The Bertz CT molecular complexity index is 1270. The highest BCUT2D eigenvalue weighted by Gasteiger charge is 2.32. The molecule has 0 spiro atoms. The molecule has 1 atom stereocenters. The molecule has 0 radical (unpaired) electrons. The Labute approximate surface area is 210 Å². The van der Waals surface area contributed by atoms with Gasteiger partial charge in [0.25, 0.3) is 5.91 Å². The number of pyridine rings is 2. The fourth-order valence-corrected chi connectivity index (χ4v) is 5.54. The summed E-state index contributed by atoms with van der Waals surface area (Å²) in [7, 11) is 1.63. The summed E-state index contributed by atoms with van der Waals surface area (Å²) < 4.78 is 8.83. The SMILES string of the molecule is COc1cccnc1NC1CN(C(=O)c2ccc(NSC3=CC(C)Cc4ccc[nH+]c43)c(C)c2)C1. The van der Waals surface area contributed by atoms with E-state index in [-0.39, 0.29) is 11.9 Å². The fraction of sp³-hybridized carbons (Fsp3) is 0.296. The number of allylic oxidation sites excluding steroid dienone is 1. The third kappa shape index (κ3) is 4.98. The van der Waals surface area contributed by atoms with E-state index in [0.717, 1.165) is 17.7 Å². The van der Waals surface area contributed by atoms with Crippen molar-refractivity contribution in [2.75, 3.05) is 30.2 Å². The predicted octanol–water partition coefficient (Wildman–Crippen LogP) is 4.44. The predicted molar refractivity (Wildman–Crippen MR) is 140 cm³/mol. The molecule has 3 heterocycles. The van der Waals surface area contributed by atoms with Gasteiger partial charge in [0.1, 0.15) is 0 Å². The van der Waals surface area contributed by atoms with Crippen molar-refractivity contribution in [3.8, 4) is 5.75 Å². The number of hydrogen-bond donors (Lipinski definition) is 2. The molecule has 5 rings (SSSR count). The lowest BCUT2D eigenvalue weighted by Crippen LogP contribution is -2.57. The molecule has 1 aliphatic carbocycles. The highest BCUT2D eigenvalue weighted by Crippen LogP contribution is 2.35. The van der Waals surface area contributed by atoms with E-state index in [4.69, 9.17) is 4.74 Å². The topological polar surface area (TPSA) is 80.6 Å². The number of nitrogens with one attached hydrogen (secondary N) is 3. The number of rotatable bonds is 7. The van der Waals surface area contributed by atoms with Gasteiger partial charge in [0.2, 0.25) is 5.69 Å². The molecule has 2 aliphatic rings. The third-order valence-corrected chi connectivity index (χ3v) is 7.29. The number of carbonyl (C=O) groups excluding carboxylic acids is 1. The molecule has 8 heteroatoms. The second-order valence-electron chi connectivity index (χ2n) is 9.12. The van der Waals surface area contributed by atoms with E-state index in [0.29, 0.717) is 36.1 Å². The number of nitrogens with zero attached hydrogens (tertiary/aromatic N) is 2. The number of methoxy groups -OCH3 is 1. The van der Waals surface area contributed by atoms with Gasteiger partial charge in [-0.2, -0.15) is 0 Å². The monoisotopic (exact) mass is 488 g/mol. The van der Waals surface area contributed by atoms with Gasteiger partial charge in [-0.05, 0) is 73.2 Å². The minimum Gasteiger partial charge on any atom is -0.493 e. The Morgan fingerprint density at radius 1 is 1.23 bits per heavy atom. The molecule has 0 saturated carbocycles. The molecule has 3 N–H and O–H groups in total. The first-order valence-corrected chi connectivity index (χ1v) is 12.6. The number of likely N-dealkylation sites (tertiary alicyclic amines) is 1. The first-order chi connectivity index (χ1) is 17.0. The van der Waals surface area contributed by atoms with Gasteiger partial charge in [-0.15, -0.1) is 0 Å². The van der Waals surface area contributed by atoms with E-state index in [1.807, 2.05) is 48.4 Å². The maximum Gasteiger partial charge on any atom is 0.254 e. The first kappa shape index (κ1) is 23.2. The van der Waals surface area contributed by atoms with E-state index in [1.165, 1.54) is 16.2 Å². The van der Waals surface area contributed by atoms with Crippen molar-refractivity contribution >= 4 is 34.3 Å². The van der Waals surface area contributed by atoms with Crippen molar-refractivity contribution in [2.24, 2.45) is 5.92 Å². The van der Waals surface area contributed by atoms with Gasteiger partial charge in [0, 0.05) is 42.2 Å². The van der Waals surface area contributed by atoms with Crippen molar-refractivity contribution in [2.45, 2.75) is 26.3 Å². The molecule has 3 aromatic rings. The number of ether oxygens (including phenoxy) is 1. The van der Waals surface area contributed by atoms with E-state index >= 15 is 0 Å². The van der Waals surface area contributed by atoms with Crippen LogP contribution in [-0.2, 0) is 6.42 Å². The molecule has 1 aliphatic heterocycles. The number of aromatic amines is 1. The lowest BCUT2D eigenvalue weighted by Gasteiger charge is -2.40. The van der Waals surface area contributed by atoms with Gasteiger partial charge in [-0.3, -0.25) is 4.79 Å². The van der Waals surface area contributed by atoms with Gasteiger partial charge in [-0.25, -0.2) is 9.97 Å². The van der Waals surface area contributed by atoms with Gasteiger partial charge in [-0.1, -0.05) is 13.0 Å². The number of aromatic nitrogens is 2. The van der Waals surface area contributed by atoms with Crippen LogP contribution in [0.25, 0.3) is 4.91 Å². The maximum absolute atomic E-state index is 13.0. The van der Waals surface area contributed by atoms with Crippen molar-refractivity contribution in [1.82, 2.24) is 9.88 Å². The number of anilines is 2. The Morgan fingerprint density at radius 3 is 2.89 bits per heavy atom. The Balaban J connectivity index is 1.19. The number of fused-ring (bicyclic) bond motifs is 1. The summed E-state index contributed by atoms with van der Waals surface area (Å²) in [6, 6.07) is 14.0. The quantitative estimate of drug-likeness (QED) is 0.479. The Hall–Kier alpha value is -3.52. The summed E-state index contributed by atoms with van der Waals surface area (Å²) in [5.74, 6) is 1.95.